The Morgan fingerprint density at radius 2 is 1.95 bits per heavy atom. The molecule has 0 spiro atoms. The second-order valence-corrected chi connectivity index (χ2v) is 6.82. The van der Waals surface area contributed by atoms with Gasteiger partial charge in [0.25, 0.3) is 0 Å². The number of sulfonamides is 1. The number of piperazine rings is 1. The third-order valence-electron chi connectivity index (χ3n) is 3.24. The molecule has 0 atom stereocenters. The molecule has 2 N–H and O–H groups in total. The average molecular weight is 314 g/mol. The van der Waals surface area contributed by atoms with E-state index in [0.29, 0.717) is 32.7 Å². The number of benzene rings is 1. The van der Waals surface area contributed by atoms with E-state index < -0.39 is 10.0 Å². The molecule has 0 aliphatic carbocycles. The second kappa shape index (κ2) is 6.02. The van der Waals surface area contributed by atoms with Crippen molar-refractivity contribution in [2.24, 2.45) is 0 Å². The van der Waals surface area contributed by atoms with Crippen molar-refractivity contribution in [2.45, 2.75) is 4.90 Å². The van der Waals surface area contributed by atoms with E-state index in [1.165, 1.54) is 16.4 Å². The molecule has 0 radical (unpaired) electrons. The first-order chi connectivity index (χ1) is 9.46. The summed E-state index contributed by atoms with van der Waals surface area (Å²) in [6.07, 6.45) is 5.25. The molecule has 0 amide bonds. The molecule has 20 heavy (non-hydrogen) atoms. The molecule has 0 bridgehead atoms. The smallest absolute Gasteiger partial charge is 0.246 e. The van der Waals surface area contributed by atoms with E-state index in [-0.39, 0.29) is 15.6 Å². The normalized spacial score (nSPS) is 17.8. The van der Waals surface area contributed by atoms with Crippen molar-refractivity contribution in [2.75, 3.05) is 38.5 Å². The van der Waals surface area contributed by atoms with Gasteiger partial charge in [0.1, 0.15) is 4.90 Å². The van der Waals surface area contributed by atoms with E-state index in [9.17, 15) is 8.42 Å². The Bertz CT molecular complexity index is 611. The topological polar surface area (TPSA) is 66.6 Å². The summed E-state index contributed by atoms with van der Waals surface area (Å²) in [5.74, 6) is 2.56. The number of nitrogens with zero attached hydrogens (tertiary/aromatic N) is 2. The first-order valence-electron chi connectivity index (χ1n) is 6.17. The van der Waals surface area contributed by atoms with Gasteiger partial charge in [0.15, 0.2) is 0 Å². The Morgan fingerprint density at radius 3 is 2.50 bits per heavy atom. The van der Waals surface area contributed by atoms with Crippen molar-refractivity contribution < 1.29 is 8.42 Å². The van der Waals surface area contributed by atoms with Gasteiger partial charge in [-0.2, -0.15) is 4.31 Å². The zero-order chi connectivity index (χ0) is 14.8. The largest absolute Gasteiger partial charge is 0.398 e. The van der Waals surface area contributed by atoms with E-state index >= 15 is 0 Å². The van der Waals surface area contributed by atoms with Crippen molar-refractivity contribution in [3.05, 3.63) is 23.2 Å². The number of rotatable bonds is 3. The second-order valence-electron chi connectivity index (χ2n) is 4.54. The van der Waals surface area contributed by atoms with Gasteiger partial charge in [-0.05, 0) is 12.1 Å². The van der Waals surface area contributed by atoms with Crippen LogP contribution in [-0.4, -0.2) is 50.3 Å². The Kier molecular flexibility index (Phi) is 4.55. The van der Waals surface area contributed by atoms with E-state index in [0.717, 1.165) is 0 Å². The van der Waals surface area contributed by atoms with Crippen LogP contribution in [0.4, 0.5) is 5.69 Å². The van der Waals surface area contributed by atoms with Gasteiger partial charge in [0.2, 0.25) is 10.0 Å². The maximum absolute atomic E-state index is 12.6. The third kappa shape index (κ3) is 2.91. The lowest BCUT2D eigenvalue weighted by atomic mass is 10.3. The zero-order valence-corrected chi connectivity index (χ0v) is 12.5. The van der Waals surface area contributed by atoms with Crippen LogP contribution in [0.3, 0.4) is 0 Å². The molecule has 1 saturated heterocycles. The van der Waals surface area contributed by atoms with Crippen LogP contribution in [0.15, 0.2) is 23.1 Å². The van der Waals surface area contributed by atoms with Gasteiger partial charge in [-0.3, -0.25) is 4.90 Å². The summed E-state index contributed by atoms with van der Waals surface area (Å²) in [5.41, 5.74) is 5.93. The van der Waals surface area contributed by atoms with E-state index in [1.807, 2.05) is 4.90 Å². The minimum atomic E-state index is -3.66. The highest BCUT2D eigenvalue weighted by molar-refractivity contribution is 7.89. The van der Waals surface area contributed by atoms with E-state index in [2.05, 4.69) is 5.92 Å². The van der Waals surface area contributed by atoms with Crippen molar-refractivity contribution in [3.63, 3.8) is 0 Å². The number of hydrogen-bond donors (Lipinski definition) is 1. The molecule has 0 saturated carbocycles. The highest BCUT2D eigenvalue weighted by Crippen LogP contribution is 2.30. The number of nitrogens with two attached hydrogens (primary N) is 1. The quantitative estimate of drug-likeness (QED) is 0.664. The van der Waals surface area contributed by atoms with Crippen LogP contribution in [0, 0.1) is 12.3 Å². The fourth-order valence-corrected chi connectivity index (χ4v) is 4.24. The van der Waals surface area contributed by atoms with Crippen LogP contribution in [0.5, 0.6) is 0 Å². The SMILES string of the molecule is C#CCN1CCN(S(=O)(=O)c2c(N)cccc2Cl)CC1. The van der Waals surface area contributed by atoms with Gasteiger partial charge >= 0.3 is 0 Å². The van der Waals surface area contributed by atoms with Gasteiger partial charge in [-0.15, -0.1) is 6.42 Å². The van der Waals surface area contributed by atoms with Crippen molar-refractivity contribution in [3.8, 4) is 12.3 Å². The molecular weight excluding hydrogens is 298 g/mol. The Hall–Kier alpha value is -1.26. The molecule has 1 aliphatic rings. The fourth-order valence-electron chi connectivity index (χ4n) is 2.18. The lowest BCUT2D eigenvalue weighted by Crippen LogP contribution is -2.48. The Morgan fingerprint density at radius 1 is 1.30 bits per heavy atom. The summed E-state index contributed by atoms with van der Waals surface area (Å²) >= 11 is 5.99. The molecule has 1 fully saturated rings. The number of terminal acetylenes is 1. The highest BCUT2D eigenvalue weighted by Gasteiger charge is 2.31. The summed E-state index contributed by atoms with van der Waals surface area (Å²) in [7, 11) is -3.66. The lowest BCUT2D eigenvalue weighted by molar-refractivity contribution is 0.207. The summed E-state index contributed by atoms with van der Waals surface area (Å²) in [6.45, 7) is 2.51. The predicted octanol–water partition coefficient (Wildman–Crippen LogP) is 0.862. The van der Waals surface area contributed by atoms with Crippen LogP contribution >= 0.6 is 11.6 Å². The molecule has 108 valence electrons. The third-order valence-corrected chi connectivity index (χ3v) is 5.68. The molecule has 0 aromatic heterocycles. The highest BCUT2D eigenvalue weighted by atomic mass is 35.5. The van der Waals surface area contributed by atoms with Gasteiger partial charge in [0, 0.05) is 26.2 Å². The number of anilines is 1. The number of nitrogen functional groups attached to an aromatic ring is 1. The first kappa shape index (κ1) is 15.1. The summed E-state index contributed by atoms with van der Waals surface area (Å²) in [4.78, 5) is 2.02. The summed E-state index contributed by atoms with van der Waals surface area (Å²) < 4.78 is 26.6. The zero-order valence-electron chi connectivity index (χ0n) is 10.9. The van der Waals surface area contributed by atoms with Crippen molar-refractivity contribution in [1.82, 2.24) is 9.21 Å². The Balaban J connectivity index is 2.23. The molecule has 7 heteroatoms. The predicted molar refractivity (Wildman–Crippen MR) is 79.9 cm³/mol. The molecular formula is C13H16ClN3O2S. The van der Waals surface area contributed by atoms with Crippen LogP contribution in [0.2, 0.25) is 5.02 Å². The van der Waals surface area contributed by atoms with E-state index in [1.54, 1.807) is 6.07 Å². The maximum atomic E-state index is 12.6. The fraction of sp³-hybridized carbons (Fsp3) is 0.385. The van der Waals surface area contributed by atoms with Crippen molar-refractivity contribution >= 4 is 27.3 Å². The molecule has 0 unspecified atom stereocenters. The van der Waals surface area contributed by atoms with Crippen LogP contribution in [0.1, 0.15) is 0 Å². The van der Waals surface area contributed by atoms with Gasteiger partial charge < -0.3 is 5.73 Å². The molecule has 1 aromatic carbocycles. The van der Waals surface area contributed by atoms with E-state index in [4.69, 9.17) is 23.8 Å². The molecule has 5 nitrogen and oxygen atoms in total. The van der Waals surface area contributed by atoms with Gasteiger partial charge in [-0.25, -0.2) is 8.42 Å². The summed E-state index contributed by atoms with van der Waals surface area (Å²) in [5, 5.41) is 0.149. The summed E-state index contributed by atoms with van der Waals surface area (Å²) in [6, 6.07) is 4.69. The van der Waals surface area contributed by atoms with Gasteiger partial charge in [-0.1, -0.05) is 23.6 Å². The van der Waals surface area contributed by atoms with Crippen molar-refractivity contribution in [1.29, 1.82) is 0 Å². The average Bonchev–Trinajstić information content (AvgIpc) is 2.39. The monoisotopic (exact) mass is 313 g/mol. The first-order valence-corrected chi connectivity index (χ1v) is 7.98. The molecule has 1 aromatic rings. The maximum Gasteiger partial charge on any atom is 0.246 e. The Labute approximate surface area is 124 Å². The molecule has 1 heterocycles. The minimum absolute atomic E-state index is 0.00735. The van der Waals surface area contributed by atoms with Gasteiger partial charge in [0.05, 0.1) is 17.3 Å². The van der Waals surface area contributed by atoms with Crippen LogP contribution < -0.4 is 5.73 Å². The van der Waals surface area contributed by atoms with Crippen LogP contribution in [-0.2, 0) is 10.0 Å². The number of hydrogen-bond acceptors (Lipinski definition) is 4. The van der Waals surface area contributed by atoms with Crippen LogP contribution in [0.25, 0.3) is 0 Å². The lowest BCUT2D eigenvalue weighted by Gasteiger charge is -2.33. The number of halogens is 1. The minimum Gasteiger partial charge on any atom is -0.398 e. The standard InChI is InChI=1S/C13H16ClN3O2S/c1-2-6-16-7-9-17(10-8-16)20(18,19)13-11(14)4-3-5-12(13)15/h1,3-5H,6-10,15H2. The molecule has 1 aliphatic heterocycles. The molecule has 2 rings (SSSR count).